The van der Waals surface area contributed by atoms with E-state index in [9.17, 15) is 4.79 Å². The molecule has 1 aliphatic rings. The predicted octanol–water partition coefficient (Wildman–Crippen LogP) is 1.98. The van der Waals surface area contributed by atoms with Crippen molar-refractivity contribution in [1.29, 1.82) is 0 Å². The number of hydrogen-bond donors (Lipinski definition) is 1. The molecule has 0 aromatic rings. The van der Waals surface area contributed by atoms with Gasteiger partial charge >= 0.3 is 6.09 Å². The molecule has 5 heteroatoms. The summed E-state index contributed by atoms with van der Waals surface area (Å²) in [5, 5.41) is 3.32. The Morgan fingerprint density at radius 3 is 2.67 bits per heavy atom. The Morgan fingerprint density at radius 1 is 1.53 bits per heavy atom. The van der Waals surface area contributed by atoms with Gasteiger partial charge in [-0.1, -0.05) is 22.6 Å². The molecule has 88 valence electrons. The van der Waals surface area contributed by atoms with Crippen LogP contribution in [0.15, 0.2) is 0 Å². The molecule has 2 atom stereocenters. The van der Waals surface area contributed by atoms with Crippen molar-refractivity contribution < 1.29 is 9.53 Å². The normalized spacial score (nSPS) is 27.7. The van der Waals surface area contributed by atoms with E-state index in [1.165, 1.54) is 0 Å². The Hall–Kier alpha value is -0.0400. The molecule has 1 heterocycles. The van der Waals surface area contributed by atoms with Gasteiger partial charge in [0, 0.05) is 19.1 Å². The number of rotatable bonds is 0. The minimum absolute atomic E-state index is 0.159. The Balaban J connectivity index is 2.59. The van der Waals surface area contributed by atoms with Crippen molar-refractivity contribution in [2.24, 2.45) is 0 Å². The van der Waals surface area contributed by atoms with Gasteiger partial charge in [0.15, 0.2) is 0 Å². The lowest BCUT2D eigenvalue weighted by molar-refractivity contribution is 0.0183. The van der Waals surface area contributed by atoms with Crippen molar-refractivity contribution in [3.05, 3.63) is 0 Å². The zero-order valence-electron chi connectivity index (χ0n) is 9.71. The highest BCUT2D eigenvalue weighted by Gasteiger charge is 2.32. The number of nitrogens with one attached hydrogen (secondary N) is 1. The average molecular weight is 326 g/mol. The molecule has 2 unspecified atom stereocenters. The number of nitrogens with zero attached hydrogens (tertiary/aromatic N) is 1. The Morgan fingerprint density at radius 2 is 2.13 bits per heavy atom. The van der Waals surface area contributed by atoms with Crippen LogP contribution in [-0.4, -0.2) is 39.8 Å². The summed E-state index contributed by atoms with van der Waals surface area (Å²) in [5.74, 6) is 0. The third-order valence-electron chi connectivity index (χ3n) is 2.16. The van der Waals surface area contributed by atoms with Gasteiger partial charge < -0.3 is 10.1 Å². The van der Waals surface area contributed by atoms with Crippen molar-refractivity contribution in [3.8, 4) is 0 Å². The van der Waals surface area contributed by atoms with Crippen LogP contribution in [0.4, 0.5) is 4.79 Å². The summed E-state index contributed by atoms with van der Waals surface area (Å²) in [5.41, 5.74) is -0.415. The quantitative estimate of drug-likeness (QED) is 0.420. The van der Waals surface area contributed by atoms with Crippen LogP contribution >= 0.6 is 22.6 Å². The molecule has 0 bridgehead atoms. The summed E-state index contributed by atoms with van der Waals surface area (Å²) in [7, 11) is 0. The summed E-state index contributed by atoms with van der Waals surface area (Å²) < 4.78 is 5.51. The molecule has 0 aromatic heterocycles. The van der Waals surface area contributed by atoms with Crippen LogP contribution in [0.25, 0.3) is 0 Å². The summed E-state index contributed by atoms with van der Waals surface area (Å²) in [6.07, 6.45) is -0.213. The summed E-state index contributed by atoms with van der Waals surface area (Å²) in [6, 6.07) is 0.312. The van der Waals surface area contributed by atoms with Crippen LogP contribution in [0.5, 0.6) is 0 Å². The van der Waals surface area contributed by atoms with Gasteiger partial charge in [0.2, 0.25) is 0 Å². The van der Waals surface area contributed by atoms with E-state index >= 15 is 0 Å². The van der Waals surface area contributed by atoms with Gasteiger partial charge in [0.25, 0.3) is 0 Å². The molecule has 1 N–H and O–H groups in total. The minimum atomic E-state index is -0.415. The smallest absolute Gasteiger partial charge is 0.411 e. The number of halogens is 1. The maximum atomic E-state index is 11.8. The molecule has 1 amide bonds. The van der Waals surface area contributed by atoms with Crippen molar-refractivity contribution in [2.45, 2.75) is 43.4 Å². The van der Waals surface area contributed by atoms with E-state index in [2.05, 4.69) is 34.8 Å². The van der Waals surface area contributed by atoms with E-state index < -0.39 is 5.60 Å². The fraction of sp³-hybridized carbons (Fsp3) is 0.900. The van der Waals surface area contributed by atoms with Crippen LogP contribution in [0.1, 0.15) is 27.7 Å². The van der Waals surface area contributed by atoms with E-state index in [4.69, 9.17) is 4.74 Å². The van der Waals surface area contributed by atoms with E-state index in [1.54, 1.807) is 4.90 Å². The van der Waals surface area contributed by atoms with Gasteiger partial charge in [0.1, 0.15) is 9.65 Å². The maximum absolute atomic E-state index is 11.8. The number of carbonyl (C=O) groups excluding carboxylic acids is 1. The number of carbonyl (C=O) groups is 1. The molecular weight excluding hydrogens is 307 g/mol. The van der Waals surface area contributed by atoms with Gasteiger partial charge in [-0.3, -0.25) is 4.90 Å². The molecule has 4 nitrogen and oxygen atoms in total. The fourth-order valence-corrected chi connectivity index (χ4v) is 2.18. The highest BCUT2D eigenvalue weighted by molar-refractivity contribution is 14.1. The standard InChI is InChI=1S/C10H19IN2O2/c1-7-8(11)13(6-5-12-7)9(14)15-10(2,3)4/h7-8,12H,5-6H2,1-4H3. The second kappa shape index (κ2) is 4.86. The first-order chi connectivity index (χ1) is 6.81. The van der Waals surface area contributed by atoms with Gasteiger partial charge in [0.05, 0.1) is 0 Å². The van der Waals surface area contributed by atoms with Gasteiger partial charge in [-0.25, -0.2) is 4.79 Å². The molecule has 0 saturated carbocycles. The van der Waals surface area contributed by atoms with E-state index in [0.29, 0.717) is 12.6 Å². The first kappa shape index (κ1) is 13.0. The van der Waals surface area contributed by atoms with Gasteiger partial charge in [-0.2, -0.15) is 0 Å². The van der Waals surface area contributed by atoms with E-state index in [1.807, 2.05) is 20.8 Å². The lowest BCUT2D eigenvalue weighted by Crippen LogP contribution is -2.56. The Kier molecular flexibility index (Phi) is 4.22. The van der Waals surface area contributed by atoms with Crippen LogP contribution in [0.3, 0.4) is 0 Å². The monoisotopic (exact) mass is 326 g/mol. The van der Waals surface area contributed by atoms with Crippen molar-refractivity contribution >= 4 is 28.7 Å². The third kappa shape index (κ3) is 3.79. The highest BCUT2D eigenvalue weighted by Crippen LogP contribution is 2.19. The SMILES string of the molecule is CC1NCCN(C(=O)OC(C)(C)C)C1I. The number of piperazine rings is 1. The zero-order chi connectivity index (χ0) is 11.6. The molecule has 0 spiro atoms. The first-order valence-corrected chi connectivity index (χ1v) is 6.43. The molecule has 0 aromatic carbocycles. The third-order valence-corrected chi connectivity index (χ3v) is 3.91. The molecule has 1 saturated heterocycles. The second-order valence-electron chi connectivity index (χ2n) is 4.79. The van der Waals surface area contributed by atoms with Crippen LogP contribution in [0.2, 0.25) is 0 Å². The molecule has 1 aliphatic heterocycles. The lowest BCUT2D eigenvalue weighted by atomic mass is 10.2. The average Bonchev–Trinajstić information content (AvgIpc) is 2.06. The van der Waals surface area contributed by atoms with Crippen molar-refractivity contribution in [1.82, 2.24) is 10.2 Å². The van der Waals surface area contributed by atoms with Crippen LogP contribution < -0.4 is 5.32 Å². The number of amides is 1. The zero-order valence-corrected chi connectivity index (χ0v) is 11.9. The topological polar surface area (TPSA) is 41.6 Å². The largest absolute Gasteiger partial charge is 0.444 e. The summed E-state index contributed by atoms with van der Waals surface area (Å²) in [4.78, 5) is 13.6. The number of alkyl halides is 1. The first-order valence-electron chi connectivity index (χ1n) is 5.18. The summed E-state index contributed by atoms with van der Waals surface area (Å²) in [6.45, 7) is 9.29. The van der Waals surface area contributed by atoms with Crippen molar-refractivity contribution in [2.75, 3.05) is 13.1 Å². The van der Waals surface area contributed by atoms with Crippen LogP contribution in [-0.2, 0) is 4.74 Å². The minimum Gasteiger partial charge on any atom is -0.444 e. The second-order valence-corrected chi connectivity index (χ2v) is 6.07. The lowest BCUT2D eigenvalue weighted by Gasteiger charge is -2.37. The molecule has 1 rings (SSSR count). The van der Waals surface area contributed by atoms with Crippen LogP contribution in [0, 0.1) is 0 Å². The molecule has 0 aliphatic carbocycles. The van der Waals surface area contributed by atoms with E-state index in [0.717, 1.165) is 6.54 Å². The summed E-state index contributed by atoms with van der Waals surface area (Å²) >= 11 is 2.27. The fourth-order valence-electron chi connectivity index (χ4n) is 1.42. The number of ether oxygens (including phenoxy) is 1. The van der Waals surface area contributed by atoms with Crippen molar-refractivity contribution in [3.63, 3.8) is 0 Å². The molecule has 1 fully saturated rings. The molecule has 15 heavy (non-hydrogen) atoms. The molecular formula is C10H19IN2O2. The Bertz CT molecular complexity index is 240. The maximum Gasteiger partial charge on any atom is 0.411 e. The Labute approximate surface area is 105 Å². The van der Waals surface area contributed by atoms with Gasteiger partial charge in [-0.05, 0) is 27.7 Å². The highest BCUT2D eigenvalue weighted by atomic mass is 127. The van der Waals surface area contributed by atoms with E-state index in [-0.39, 0.29) is 10.1 Å². The van der Waals surface area contributed by atoms with Gasteiger partial charge in [-0.15, -0.1) is 0 Å². The molecule has 0 radical (unpaired) electrons. The predicted molar refractivity (Wildman–Crippen MR) is 68.2 cm³/mol. The number of hydrogen-bond acceptors (Lipinski definition) is 3.